The number of nitro benzene ring substituents is 1. The number of aromatic nitrogens is 1. The van der Waals surface area contributed by atoms with Crippen LogP contribution in [0.25, 0.3) is 0 Å². The molecule has 0 bridgehead atoms. The summed E-state index contributed by atoms with van der Waals surface area (Å²) in [6.07, 6.45) is 0.773. The highest BCUT2D eigenvalue weighted by atomic mass is 35.5. The summed E-state index contributed by atoms with van der Waals surface area (Å²) in [6, 6.07) is 6.54. The molecule has 94 valence electrons. The van der Waals surface area contributed by atoms with Gasteiger partial charge in [0.25, 0.3) is 5.69 Å². The van der Waals surface area contributed by atoms with E-state index < -0.39 is 4.92 Å². The minimum Gasteiger partial charge on any atom is -0.361 e. The number of benzene rings is 1. The van der Waals surface area contributed by atoms with E-state index in [1.807, 2.05) is 0 Å². The average Bonchev–Trinajstić information content (AvgIpc) is 2.76. The van der Waals surface area contributed by atoms with Crippen LogP contribution >= 0.6 is 22.9 Å². The number of nitrogens with zero attached hydrogens (tertiary/aromatic N) is 2. The Bertz CT molecular complexity index is 541. The van der Waals surface area contributed by atoms with E-state index in [0.29, 0.717) is 11.7 Å². The summed E-state index contributed by atoms with van der Waals surface area (Å²) in [6.45, 7) is 0.710. The van der Waals surface area contributed by atoms with Crippen molar-refractivity contribution in [2.45, 2.75) is 6.42 Å². The minimum absolute atomic E-state index is 0.110. The Hall–Kier alpha value is -1.66. The van der Waals surface area contributed by atoms with Gasteiger partial charge in [0.2, 0.25) is 0 Å². The number of hydrogen-bond donors (Lipinski definition) is 1. The Kier molecular flexibility index (Phi) is 4.11. The normalized spacial score (nSPS) is 10.3. The van der Waals surface area contributed by atoms with Crippen molar-refractivity contribution in [3.63, 3.8) is 0 Å². The van der Waals surface area contributed by atoms with E-state index in [9.17, 15) is 10.1 Å². The highest BCUT2D eigenvalue weighted by Gasteiger charge is 2.04. The molecule has 0 fully saturated rings. The molecule has 2 rings (SSSR count). The van der Waals surface area contributed by atoms with Crippen LogP contribution in [-0.4, -0.2) is 16.5 Å². The van der Waals surface area contributed by atoms with Crippen LogP contribution in [-0.2, 0) is 6.42 Å². The van der Waals surface area contributed by atoms with E-state index in [1.165, 1.54) is 23.5 Å². The summed E-state index contributed by atoms with van der Waals surface area (Å²) in [5, 5.41) is 16.7. The molecule has 2 aromatic rings. The van der Waals surface area contributed by atoms with Gasteiger partial charge in [-0.15, -0.1) is 11.3 Å². The lowest BCUT2D eigenvalue weighted by atomic mass is 10.1. The zero-order chi connectivity index (χ0) is 13.0. The molecule has 0 aliphatic rings. The second-order valence-electron chi connectivity index (χ2n) is 3.58. The van der Waals surface area contributed by atoms with Gasteiger partial charge in [-0.25, -0.2) is 4.98 Å². The first-order chi connectivity index (χ1) is 8.65. The van der Waals surface area contributed by atoms with Crippen LogP contribution in [0, 0.1) is 10.1 Å². The van der Waals surface area contributed by atoms with Crippen LogP contribution in [0.1, 0.15) is 5.56 Å². The quantitative estimate of drug-likeness (QED) is 0.675. The Balaban J connectivity index is 1.85. The summed E-state index contributed by atoms with van der Waals surface area (Å²) in [7, 11) is 0. The highest BCUT2D eigenvalue weighted by Crippen LogP contribution is 2.19. The van der Waals surface area contributed by atoms with Crippen molar-refractivity contribution in [1.29, 1.82) is 0 Å². The van der Waals surface area contributed by atoms with E-state index in [4.69, 9.17) is 11.6 Å². The van der Waals surface area contributed by atoms with Crippen molar-refractivity contribution >= 4 is 33.8 Å². The van der Waals surface area contributed by atoms with E-state index in [-0.39, 0.29) is 5.69 Å². The lowest BCUT2D eigenvalue weighted by molar-refractivity contribution is -0.384. The maximum atomic E-state index is 10.5. The van der Waals surface area contributed by atoms with Crippen LogP contribution in [0.3, 0.4) is 0 Å². The van der Waals surface area contributed by atoms with Gasteiger partial charge in [0, 0.05) is 24.1 Å². The van der Waals surface area contributed by atoms with Gasteiger partial charge >= 0.3 is 0 Å². The molecule has 0 saturated carbocycles. The van der Waals surface area contributed by atoms with Gasteiger partial charge in [-0.1, -0.05) is 23.7 Å². The summed E-state index contributed by atoms with van der Waals surface area (Å²) in [5.41, 5.74) is 1.15. The van der Waals surface area contributed by atoms with Gasteiger partial charge < -0.3 is 5.32 Å². The molecule has 1 aromatic heterocycles. The lowest BCUT2D eigenvalue weighted by Gasteiger charge is -2.02. The van der Waals surface area contributed by atoms with Crippen LogP contribution in [0.15, 0.2) is 29.6 Å². The largest absolute Gasteiger partial charge is 0.361 e. The van der Waals surface area contributed by atoms with Gasteiger partial charge in [-0.2, -0.15) is 0 Å². The number of nitro groups is 1. The third-order valence-corrected chi connectivity index (χ3v) is 3.44. The van der Waals surface area contributed by atoms with Crippen molar-refractivity contribution in [3.8, 4) is 0 Å². The van der Waals surface area contributed by atoms with Crippen LogP contribution in [0.4, 0.5) is 10.8 Å². The summed E-state index contributed by atoms with van der Waals surface area (Å²) in [5.74, 6) is 0. The Morgan fingerprint density at radius 2 is 2.11 bits per heavy atom. The van der Waals surface area contributed by atoms with Crippen molar-refractivity contribution in [2.75, 3.05) is 11.9 Å². The molecule has 18 heavy (non-hydrogen) atoms. The maximum absolute atomic E-state index is 10.5. The monoisotopic (exact) mass is 283 g/mol. The molecular weight excluding hydrogens is 274 g/mol. The number of thiazole rings is 1. The van der Waals surface area contributed by atoms with Crippen LogP contribution < -0.4 is 5.32 Å². The van der Waals surface area contributed by atoms with Gasteiger partial charge in [0.05, 0.1) is 4.92 Å². The molecule has 0 amide bonds. The first-order valence-electron chi connectivity index (χ1n) is 5.23. The SMILES string of the molecule is O=[N+]([O-])c1ccc(CCNc2nc(Cl)cs2)cc1. The smallest absolute Gasteiger partial charge is 0.269 e. The molecule has 1 N–H and O–H groups in total. The number of anilines is 1. The third kappa shape index (κ3) is 3.41. The molecule has 1 aromatic carbocycles. The average molecular weight is 284 g/mol. The summed E-state index contributed by atoms with van der Waals surface area (Å²) >= 11 is 7.15. The molecule has 7 heteroatoms. The predicted molar refractivity (Wildman–Crippen MR) is 72.4 cm³/mol. The van der Waals surface area contributed by atoms with Crippen molar-refractivity contribution < 1.29 is 4.92 Å². The molecule has 0 radical (unpaired) electrons. The number of halogens is 1. The molecule has 0 aliphatic carbocycles. The summed E-state index contributed by atoms with van der Waals surface area (Å²) in [4.78, 5) is 14.1. The third-order valence-electron chi connectivity index (χ3n) is 2.31. The van der Waals surface area contributed by atoms with E-state index in [2.05, 4.69) is 10.3 Å². The molecule has 5 nitrogen and oxygen atoms in total. The van der Waals surface area contributed by atoms with Gasteiger partial charge in [-0.3, -0.25) is 10.1 Å². The van der Waals surface area contributed by atoms with Gasteiger partial charge in [0.1, 0.15) is 5.15 Å². The molecule has 0 spiro atoms. The number of non-ortho nitro benzene ring substituents is 1. The fourth-order valence-electron chi connectivity index (χ4n) is 1.43. The Morgan fingerprint density at radius 1 is 1.39 bits per heavy atom. The molecule has 1 heterocycles. The summed E-state index contributed by atoms with van der Waals surface area (Å²) < 4.78 is 0. The van der Waals surface area contributed by atoms with E-state index in [1.54, 1.807) is 17.5 Å². The first-order valence-corrected chi connectivity index (χ1v) is 6.49. The second kappa shape index (κ2) is 5.79. The second-order valence-corrected chi connectivity index (χ2v) is 4.82. The standard InChI is InChI=1S/C11H10ClN3O2S/c12-10-7-18-11(14-10)13-6-5-8-1-3-9(4-2-8)15(16)17/h1-4,7H,5-6H2,(H,13,14). The Morgan fingerprint density at radius 3 is 2.67 bits per heavy atom. The predicted octanol–water partition coefficient (Wildman–Crippen LogP) is 3.36. The van der Waals surface area contributed by atoms with E-state index in [0.717, 1.165) is 17.1 Å². The molecule has 0 aliphatic heterocycles. The zero-order valence-electron chi connectivity index (χ0n) is 9.30. The zero-order valence-corrected chi connectivity index (χ0v) is 10.9. The molecule has 0 saturated heterocycles. The molecular formula is C11H10ClN3O2S. The lowest BCUT2D eigenvalue weighted by Crippen LogP contribution is -2.04. The fourth-order valence-corrected chi connectivity index (χ4v) is 2.30. The number of nitrogens with one attached hydrogen (secondary N) is 1. The van der Waals surface area contributed by atoms with Crippen LogP contribution in [0.2, 0.25) is 5.15 Å². The van der Waals surface area contributed by atoms with Gasteiger partial charge in [-0.05, 0) is 12.0 Å². The number of hydrogen-bond acceptors (Lipinski definition) is 5. The first kappa shape index (κ1) is 12.8. The Labute approximate surface area is 113 Å². The molecule has 0 atom stereocenters. The maximum Gasteiger partial charge on any atom is 0.269 e. The van der Waals surface area contributed by atoms with Crippen molar-refractivity contribution in [2.24, 2.45) is 0 Å². The molecule has 0 unspecified atom stereocenters. The topological polar surface area (TPSA) is 68.1 Å². The van der Waals surface area contributed by atoms with Crippen molar-refractivity contribution in [1.82, 2.24) is 4.98 Å². The highest BCUT2D eigenvalue weighted by molar-refractivity contribution is 7.14. The van der Waals surface area contributed by atoms with Crippen molar-refractivity contribution in [3.05, 3.63) is 50.5 Å². The minimum atomic E-state index is -0.403. The number of rotatable bonds is 5. The van der Waals surface area contributed by atoms with Crippen LogP contribution in [0.5, 0.6) is 0 Å². The van der Waals surface area contributed by atoms with Gasteiger partial charge in [0.15, 0.2) is 5.13 Å². The van der Waals surface area contributed by atoms with E-state index >= 15 is 0 Å². The fraction of sp³-hybridized carbons (Fsp3) is 0.182.